The molecular formula is C15H26N4. The molecule has 0 saturated carbocycles. The first-order chi connectivity index (χ1) is 9.21. The first kappa shape index (κ1) is 15.5. The van der Waals surface area contributed by atoms with Gasteiger partial charge in [-0.15, -0.1) is 0 Å². The van der Waals surface area contributed by atoms with Gasteiger partial charge >= 0.3 is 0 Å². The fourth-order valence-electron chi connectivity index (χ4n) is 2.26. The predicted octanol–water partition coefficient (Wildman–Crippen LogP) is 1.47. The van der Waals surface area contributed by atoms with Crippen LogP contribution in [0.25, 0.3) is 0 Å². The molecule has 0 radical (unpaired) electrons. The number of hydrogen-bond acceptors (Lipinski definition) is 2. The second kappa shape index (κ2) is 8.53. The van der Waals surface area contributed by atoms with Crippen molar-refractivity contribution in [2.45, 2.75) is 26.3 Å². The molecule has 0 aliphatic rings. The normalized spacial score (nSPS) is 13.6. The fourth-order valence-corrected chi connectivity index (χ4v) is 2.26. The van der Waals surface area contributed by atoms with Crippen molar-refractivity contribution in [3.8, 4) is 0 Å². The van der Waals surface area contributed by atoms with Crippen molar-refractivity contribution in [1.29, 1.82) is 0 Å². The van der Waals surface area contributed by atoms with Gasteiger partial charge in [-0.2, -0.15) is 0 Å². The van der Waals surface area contributed by atoms with Crippen LogP contribution in [0.15, 0.2) is 35.3 Å². The summed E-state index contributed by atoms with van der Waals surface area (Å²) >= 11 is 0. The van der Waals surface area contributed by atoms with Crippen molar-refractivity contribution in [3.63, 3.8) is 0 Å². The van der Waals surface area contributed by atoms with Crippen molar-refractivity contribution in [2.75, 3.05) is 26.7 Å². The van der Waals surface area contributed by atoms with Gasteiger partial charge in [-0.05, 0) is 25.1 Å². The van der Waals surface area contributed by atoms with E-state index in [-0.39, 0.29) is 0 Å². The second-order valence-electron chi connectivity index (χ2n) is 4.55. The minimum atomic E-state index is 0.428. The topological polar surface area (TPSA) is 53.6 Å². The Balaban J connectivity index is 2.68. The van der Waals surface area contributed by atoms with Gasteiger partial charge in [0.25, 0.3) is 0 Å². The van der Waals surface area contributed by atoms with Gasteiger partial charge in [0.2, 0.25) is 0 Å². The molecule has 106 valence electrons. The average molecular weight is 262 g/mol. The van der Waals surface area contributed by atoms with Crippen LogP contribution in [0.2, 0.25) is 0 Å². The lowest BCUT2D eigenvalue weighted by atomic mass is 10.0. The number of hydrogen-bond donors (Lipinski definition) is 2. The maximum atomic E-state index is 5.72. The van der Waals surface area contributed by atoms with Gasteiger partial charge in [0.1, 0.15) is 0 Å². The van der Waals surface area contributed by atoms with Crippen molar-refractivity contribution >= 4 is 5.96 Å². The Kier molecular flexibility index (Phi) is 6.97. The predicted molar refractivity (Wildman–Crippen MR) is 82.4 cm³/mol. The van der Waals surface area contributed by atoms with Gasteiger partial charge in [0.05, 0.1) is 0 Å². The largest absolute Gasteiger partial charge is 0.370 e. The van der Waals surface area contributed by atoms with E-state index in [1.54, 1.807) is 7.05 Å². The Morgan fingerprint density at radius 1 is 1.26 bits per heavy atom. The van der Waals surface area contributed by atoms with Crippen LogP contribution in [0.5, 0.6) is 0 Å². The van der Waals surface area contributed by atoms with Crippen LogP contribution >= 0.6 is 0 Å². The molecule has 1 aromatic rings. The molecule has 0 aliphatic heterocycles. The monoisotopic (exact) mass is 262 g/mol. The van der Waals surface area contributed by atoms with Crippen LogP contribution in [-0.2, 0) is 6.42 Å². The third kappa shape index (κ3) is 5.30. The first-order valence-electron chi connectivity index (χ1n) is 6.95. The summed E-state index contributed by atoms with van der Waals surface area (Å²) in [7, 11) is 1.70. The summed E-state index contributed by atoms with van der Waals surface area (Å²) in [4.78, 5) is 6.39. The first-order valence-corrected chi connectivity index (χ1v) is 6.95. The Morgan fingerprint density at radius 3 is 2.42 bits per heavy atom. The van der Waals surface area contributed by atoms with Crippen LogP contribution < -0.4 is 11.1 Å². The molecule has 0 saturated heterocycles. The van der Waals surface area contributed by atoms with Crippen molar-refractivity contribution in [1.82, 2.24) is 10.2 Å². The maximum Gasteiger partial charge on any atom is 0.188 e. The van der Waals surface area contributed by atoms with Crippen LogP contribution in [0.3, 0.4) is 0 Å². The molecule has 1 atom stereocenters. The van der Waals surface area contributed by atoms with Crippen LogP contribution in [0.4, 0.5) is 0 Å². The number of guanidine groups is 1. The molecule has 1 aromatic carbocycles. The summed E-state index contributed by atoms with van der Waals surface area (Å²) in [6.45, 7) is 7.29. The van der Waals surface area contributed by atoms with E-state index < -0.39 is 0 Å². The summed E-state index contributed by atoms with van der Waals surface area (Å²) in [5.74, 6) is 0.505. The Morgan fingerprint density at radius 2 is 1.89 bits per heavy atom. The molecule has 0 aromatic heterocycles. The van der Waals surface area contributed by atoms with Gasteiger partial charge < -0.3 is 11.1 Å². The third-order valence-corrected chi connectivity index (χ3v) is 3.40. The van der Waals surface area contributed by atoms with E-state index in [4.69, 9.17) is 5.73 Å². The zero-order valence-electron chi connectivity index (χ0n) is 12.3. The zero-order valence-corrected chi connectivity index (χ0v) is 12.3. The molecule has 0 bridgehead atoms. The highest BCUT2D eigenvalue weighted by atomic mass is 15.2. The minimum absolute atomic E-state index is 0.428. The lowest BCUT2D eigenvalue weighted by Crippen LogP contribution is -2.46. The van der Waals surface area contributed by atoms with Crippen molar-refractivity contribution in [3.05, 3.63) is 35.9 Å². The van der Waals surface area contributed by atoms with Gasteiger partial charge in [0, 0.05) is 19.6 Å². The van der Waals surface area contributed by atoms with Gasteiger partial charge in [0.15, 0.2) is 5.96 Å². The molecule has 0 aliphatic carbocycles. The summed E-state index contributed by atoms with van der Waals surface area (Å²) in [6, 6.07) is 11.0. The van der Waals surface area contributed by atoms with E-state index in [9.17, 15) is 0 Å². The number of likely N-dealkylation sites (N-methyl/N-ethyl adjacent to an activating group) is 1. The molecule has 0 amide bonds. The minimum Gasteiger partial charge on any atom is -0.370 e. The van der Waals surface area contributed by atoms with E-state index >= 15 is 0 Å². The SMILES string of the molecule is CCN(CC)C(CNC(N)=NC)Cc1ccccc1. The number of aliphatic imine (C=N–C) groups is 1. The molecule has 0 fully saturated rings. The molecule has 1 unspecified atom stereocenters. The lowest BCUT2D eigenvalue weighted by molar-refractivity contribution is 0.215. The Hall–Kier alpha value is -1.55. The molecule has 19 heavy (non-hydrogen) atoms. The highest BCUT2D eigenvalue weighted by Gasteiger charge is 2.16. The molecule has 1 rings (SSSR count). The molecule has 4 nitrogen and oxygen atoms in total. The summed E-state index contributed by atoms with van der Waals surface area (Å²) < 4.78 is 0. The maximum absolute atomic E-state index is 5.72. The molecule has 0 heterocycles. The van der Waals surface area contributed by atoms with E-state index in [0.717, 1.165) is 26.1 Å². The van der Waals surface area contributed by atoms with E-state index in [1.165, 1.54) is 5.56 Å². The van der Waals surface area contributed by atoms with Gasteiger partial charge in [-0.25, -0.2) is 0 Å². The van der Waals surface area contributed by atoms with E-state index in [0.29, 0.717) is 12.0 Å². The third-order valence-electron chi connectivity index (χ3n) is 3.40. The standard InChI is InChI=1S/C15H26N4/c1-4-19(5-2)14(12-18-15(16)17-3)11-13-9-7-6-8-10-13/h6-10,14H,4-5,11-12H2,1-3H3,(H3,16,17,18). The van der Waals surface area contributed by atoms with E-state index in [2.05, 4.69) is 59.4 Å². The highest BCUT2D eigenvalue weighted by Crippen LogP contribution is 2.08. The molecule has 0 spiro atoms. The second-order valence-corrected chi connectivity index (χ2v) is 4.55. The summed E-state index contributed by atoms with van der Waals surface area (Å²) in [5.41, 5.74) is 7.07. The van der Waals surface area contributed by atoms with Crippen LogP contribution in [0.1, 0.15) is 19.4 Å². The quantitative estimate of drug-likeness (QED) is 0.578. The molecular weight excluding hydrogens is 236 g/mol. The van der Waals surface area contributed by atoms with E-state index in [1.807, 2.05) is 0 Å². The number of nitrogens with two attached hydrogens (primary N) is 1. The number of benzene rings is 1. The zero-order chi connectivity index (χ0) is 14.1. The van der Waals surface area contributed by atoms with Gasteiger partial charge in [-0.3, -0.25) is 9.89 Å². The van der Waals surface area contributed by atoms with Crippen molar-refractivity contribution < 1.29 is 0 Å². The smallest absolute Gasteiger partial charge is 0.188 e. The average Bonchev–Trinajstić information content (AvgIpc) is 2.46. The fraction of sp³-hybridized carbons (Fsp3) is 0.533. The number of nitrogens with one attached hydrogen (secondary N) is 1. The molecule has 3 N–H and O–H groups in total. The molecule has 4 heteroatoms. The van der Waals surface area contributed by atoms with Crippen LogP contribution in [-0.4, -0.2) is 43.6 Å². The van der Waals surface area contributed by atoms with Gasteiger partial charge in [-0.1, -0.05) is 44.2 Å². The Bertz CT molecular complexity index is 371. The summed E-state index contributed by atoms with van der Waals surface area (Å²) in [6.07, 6.45) is 1.02. The number of nitrogens with zero attached hydrogens (tertiary/aromatic N) is 2. The van der Waals surface area contributed by atoms with Crippen molar-refractivity contribution in [2.24, 2.45) is 10.7 Å². The lowest BCUT2D eigenvalue weighted by Gasteiger charge is -2.30. The summed E-state index contributed by atoms with van der Waals surface area (Å²) in [5, 5.41) is 3.19. The number of rotatable bonds is 7. The Labute approximate surface area is 116 Å². The van der Waals surface area contributed by atoms with Crippen LogP contribution in [0, 0.1) is 0 Å². The highest BCUT2D eigenvalue weighted by molar-refractivity contribution is 5.77.